The molecule has 0 amide bonds. The Hall–Kier alpha value is -2.73. The summed E-state index contributed by atoms with van der Waals surface area (Å²) in [6.07, 6.45) is 2.96. The van der Waals surface area contributed by atoms with Gasteiger partial charge in [-0.15, -0.1) is 0 Å². The number of halogens is 3. The normalized spacial score (nSPS) is 11.0. The zero-order valence-corrected chi connectivity index (χ0v) is 15.0. The summed E-state index contributed by atoms with van der Waals surface area (Å²) in [7, 11) is 0. The maximum Gasteiger partial charge on any atom is 0.185 e. The van der Waals surface area contributed by atoms with Gasteiger partial charge in [-0.3, -0.25) is 4.79 Å². The lowest BCUT2D eigenvalue weighted by Crippen LogP contribution is -1.96. The third kappa shape index (κ3) is 4.67. The molecule has 0 fully saturated rings. The Labute approximate surface area is 157 Å². The molecule has 0 atom stereocenters. The number of carbonyl (C=O) groups is 1. The van der Waals surface area contributed by atoms with Gasteiger partial charge >= 0.3 is 0 Å². The van der Waals surface area contributed by atoms with Gasteiger partial charge in [0.1, 0.15) is 23.9 Å². The first-order valence-electron chi connectivity index (χ1n) is 7.66. The zero-order valence-electron chi connectivity index (χ0n) is 13.4. The van der Waals surface area contributed by atoms with Crippen molar-refractivity contribution in [3.8, 4) is 5.75 Å². The smallest absolute Gasteiger partial charge is 0.185 e. The van der Waals surface area contributed by atoms with Crippen LogP contribution in [0.3, 0.4) is 0 Å². The van der Waals surface area contributed by atoms with Crippen LogP contribution in [0, 0.1) is 11.6 Å². The highest BCUT2D eigenvalue weighted by molar-refractivity contribution is 9.10. The summed E-state index contributed by atoms with van der Waals surface area (Å²) in [6, 6.07) is 13.4. The first-order valence-corrected chi connectivity index (χ1v) is 8.45. The topological polar surface area (TPSA) is 39.4 Å². The van der Waals surface area contributed by atoms with Gasteiger partial charge in [0.2, 0.25) is 0 Å². The molecule has 132 valence electrons. The van der Waals surface area contributed by atoms with Crippen molar-refractivity contribution in [1.29, 1.82) is 0 Å². The summed E-state index contributed by atoms with van der Waals surface area (Å²) in [6.45, 7) is -0.0168. The van der Waals surface area contributed by atoms with E-state index in [0.29, 0.717) is 17.1 Å². The van der Waals surface area contributed by atoms with Crippen LogP contribution in [0.4, 0.5) is 8.78 Å². The maximum atomic E-state index is 13.5. The van der Waals surface area contributed by atoms with Crippen LogP contribution in [0.2, 0.25) is 0 Å². The van der Waals surface area contributed by atoms with Crippen LogP contribution in [-0.4, -0.2) is 5.78 Å². The van der Waals surface area contributed by atoms with Crippen molar-refractivity contribution in [2.45, 2.75) is 6.61 Å². The lowest BCUT2D eigenvalue weighted by molar-refractivity contribution is 0.104. The Bertz CT molecular complexity index is 946. The largest absolute Gasteiger partial charge is 0.483 e. The van der Waals surface area contributed by atoms with Crippen LogP contribution < -0.4 is 4.74 Å². The summed E-state index contributed by atoms with van der Waals surface area (Å²) >= 11 is 3.31. The van der Waals surface area contributed by atoms with E-state index in [0.717, 1.165) is 16.6 Å². The number of ketones is 1. The third-order valence-electron chi connectivity index (χ3n) is 3.47. The number of carbonyl (C=O) groups excluding carboxylic acids is 1. The summed E-state index contributed by atoms with van der Waals surface area (Å²) in [5, 5.41) is 0. The average molecular weight is 419 g/mol. The van der Waals surface area contributed by atoms with Crippen molar-refractivity contribution in [2.75, 3.05) is 0 Å². The summed E-state index contributed by atoms with van der Waals surface area (Å²) in [5.74, 6) is -0.754. The standard InChI is InChI=1S/C20H13BrF2O3/c21-14-3-1-13(2-4-14)19(24)9-8-16-6-7-17(26-16)12-25-20-10-5-15(22)11-18(20)23/h1-11H,12H2/b9-8+. The maximum absolute atomic E-state index is 13.5. The van der Waals surface area contributed by atoms with Gasteiger partial charge in [0.25, 0.3) is 0 Å². The summed E-state index contributed by atoms with van der Waals surface area (Å²) < 4.78 is 38.0. The molecule has 0 aliphatic carbocycles. The highest BCUT2D eigenvalue weighted by Crippen LogP contribution is 2.20. The molecule has 0 aliphatic heterocycles. The van der Waals surface area contributed by atoms with E-state index in [-0.39, 0.29) is 18.1 Å². The summed E-state index contributed by atoms with van der Waals surface area (Å²) in [5.41, 5.74) is 0.561. The molecule has 2 aromatic carbocycles. The van der Waals surface area contributed by atoms with Crippen molar-refractivity contribution in [2.24, 2.45) is 0 Å². The molecule has 0 N–H and O–H groups in total. The lowest BCUT2D eigenvalue weighted by Gasteiger charge is -2.05. The number of hydrogen-bond donors (Lipinski definition) is 0. The average Bonchev–Trinajstić information content (AvgIpc) is 3.07. The molecule has 3 nitrogen and oxygen atoms in total. The molecule has 0 saturated carbocycles. The second-order valence-corrected chi connectivity index (χ2v) is 6.29. The van der Waals surface area contributed by atoms with Gasteiger partial charge in [-0.05, 0) is 60.7 Å². The predicted molar refractivity (Wildman–Crippen MR) is 96.9 cm³/mol. The molecule has 6 heteroatoms. The van der Waals surface area contributed by atoms with Gasteiger partial charge < -0.3 is 9.15 Å². The lowest BCUT2D eigenvalue weighted by atomic mass is 10.1. The van der Waals surface area contributed by atoms with E-state index in [1.165, 1.54) is 12.1 Å². The molecule has 0 aliphatic rings. The van der Waals surface area contributed by atoms with E-state index in [2.05, 4.69) is 15.9 Å². The molecule has 0 unspecified atom stereocenters. The molecule has 3 rings (SSSR count). The van der Waals surface area contributed by atoms with Gasteiger partial charge in [-0.25, -0.2) is 8.78 Å². The van der Waals surface area contributed by atoms with Crippen molar-refractivity contribution in [3.63, 3.8) is 0 Å². The van der Waals surface area contributed by atoms with E-state index in [4.69, 9.17) is 9.15 Å². The van der Waals surface area contributed by atoms with Crippen LogP contribution in [0.1, 0.15) is 21.9 Å². The van der Waals surface area contributed by atoms with Crippen LogP contribution in [0.25, 0.3) is 6.08 Å². The third-order valence-corrected chi connectivity index (χ3v) is 4.00. The molecular formula is C20H13BrF2O3. The van der Waals surface area contributed by atoms with Crippen molar-refractivity contribution in [3.05, 3.63) is 93.9 Å². The number of rotatable bonds is 6. The first kappa shape index (κ1) is 18.1. The van der Waals surface area contributed by atoms with E-state index in [9.17, 15) is 13.6 Å². The molecule has 0 saturated heterocycles. The monoisotopic (exact) mass is 418 g/mol. The number of benzene rings is 2. The molecule has 1 aromatic heterocycles. The Morgan fingerprint density at radius 3 is 2.58 bits per heavy atom. The van der Waals surface area contributed by atoms with E-state index in [1.807, 2.05) is 0 Å². The number of ether oxygens (including phenoxy) is 1. The highest BCUT2D eigenvalue weighted by Gasteiger charge is 2.07. The van der Waals surface area contributed by atoms with E-state index >= 15 is 0 Å². The van der Waals surface area contributed by atoms with Crippen LogP contribution in [0.15, 0.2) is 69.6 Å². The van der Waals surface area contributed by atoms with Gasteiger partial charge in [0.15, 0.2) is 17.3 Å². The van der Waals surface area contributed by atoms with Gasteiger partial charge in [0, 0.05) is 16.1 Å². The number of hydrogen-bond acceptors (Lipinski definition) is 3. The first-order chi connectivity index (χ1) is 12.5. The van der Waals surface area contributed by atoms with Crippen LogP contribution >= 0.6 is 15.9 Å². The van der Waals surface area contributed by atoms with Gasteiger partial charge in [0.05, 0.1) is 0 Å². The number of allylic oxidation sites excluding steroid dienone is 1. The van der Waals surface area contributed by atoms with Crippen LogP contribution in [0.5, 0.6) is 5.75 Å². The van der Waals surface area contributed by atoms with Gasteiger partial charge in [-0.2, -0.15) is 0 Å². The zero-order chi connectivity index (χ0) is 18.5. The molecule has 0 radical (unpaired) electrons. The molecule has 0 spiro atoms. The SMILES string of the molecule is O=C(/C=C/c1ccc(COc2ccc(F)cc2F)o1)c1ccc(Br)cc1. The second-order valence-electron chi connectivity index (χ2n) is 5.37. The minimum absolute atomic E-state index is 0.0168. The Morgan fingerprint density at radius 2 is 1.85 bits per heavy atom. The van der Waals surface area contributed by atoms with E-state index in [1.54, 1.807) is 42.5 Å². The molecule has 1 heterocycles. The summed E-state index contributed by atoms with van der Waals surface area (Å²) in [4.78, 5) is 12.1. The second kappa shape index (κ2) is 8.10. The van der Waals surface area contributed by atoms with Gasteiger partial charge in [-0.1, -0.05) is 15.9 Å². The molecule has 3 aromatic rings. The van der Waals surface area contributed by atoms with Crippen molar-refractivity contribution in [1.82, 2.24) is 0 Å². The fraction of sp³-hybridized carbons (Fsp3) is 0.0500. The highest BCUT2D eigenvalue weighted by atomic mass is 79.9. The fourth-order valence-electron chi connectivity index (χ4n) is 2.17. The fourth-order valence-corrected chi connectivity index (χ4v) is 2.44. The van der Waals surface area contributed by atoms with E-state index < -0.39 is 11.6 Å². The predicted octanol–water partition coefficient (Wildman–Crippen LogP) is 5.80. The quantitative estimate of drug-likeness (QED) is 0.375. The van der Waals surface area contributed by atoms with Crippen LogP contribution in [-0.2, 0) is 6.61 Å². The Morgan fingerprint density at radius 1 is 1.08 bits per heavy atom. The van der Waals surface area contributed by atoms with Crippen molar-refractivity contribution >= 4 is 27.8 Å². The molecule has 0 bridgehead atoms. The minimum Gasteiger partial charge on any atom is -0.483 e. The molecule has 26 heavy (non-hydrogen) atoms. The Kier molecular flexibility index (Phi) is 5.63. The molecular weight excluding hydrogens is 406 g/mol. The van der Waals surface area contributed by atoms with Crippen molar-refractivity contribution < 1.29 is 22.7 Å². The number of furan rings is 1. The Balaban J connectivity index is 1.60. The minimum atomic E-state index is -0.781.